The number of ketones is 1. The molecule has 0 unspecified atom stereocenters. The van der Waals surface area contributed by atoms with Crippen molar-refractivity contribution >= 4 is 17.1 Å². The van der Waals surface area contributed by atoms with E-state index in [0.717, 1.165) is 16.8 Å². The molecule has 0 amide bonds. The van der Waals surface area contributed by atoms with Crippen LogP contribution in [0, 0.1) is 13.0 Å². The summed E-state index contributed by atoms with van der Waals surface area (Å²) in [6.45, 7) is 4.12. The molecule has 0 aliphatic carbocycles. The van der Waals surface area contributed by atoms with Gasteiger partial charge in [-0.1, -0.05) is 91.3 Å². The Hall–Kier alpha value is -3.59. The molecule has 0 saturated heterocycles. The number of hydrogen-bond donors (Lipinski definition) is 1. The quantitative estimate of drug-likeness (QED) is 0.111. The van der Waals surface area contributed by atoms with Crippen molar-refractivity contribution < 1.29 is 30.0 Å². The Kier molecular flexibility index (Phi) is 10.9. The van der Waals surface area contributed by atoms with Crippen LogP contribution < -0.4 is 0 Å². The third-order valence-corrected chi connectivity index (χ3v) is 4.79. The van der Waals surface area contributed by atoms with E-state index in [9.17, 15) is 9.90 Å². The monoisotopic (exact) mass is 625 g/mol. The second-order valence-corrected chi connectivity index (χ2v) is 7.46. The summed E-state index contributed by atoms with van der Waals surface area (Å²) in [6, 6.07) is 32.1. The number of nitrogens with zero attached hydrogens (tertiary/aromatic N) is 1. The molecule has 0 spiro atoms. The van der Waals surface area contributed by atoms with E-state index in [4.69, 9.17) is 0 Å². The fourth-order valence-electron chi connectivity index (χ4n) is 3.09. The molecule has 4 heteroatoms. The topological polar surface area (TPSA) is 50.2 Å². The summed E-state index contributed by atoms with van der Waals surface area (Å²) < 4.78 is 0. The third kappa shape index (κ3) is 8.40. The van der Waals surface area contributed by atoms with E-state index in [-0.39, 0.29) is 31.6 Å². The summed E-state index contributed by atoms with van der Waals surface area (Å²) in [4.78, 5) is 16.1. The van der Waals surface area contributed by atoms with Crippen molar-refractivity contribution in [1.29, 1.82) is 0 Å². The van der Waals surface area contributed by atoms with Gasteiger partial charge in [0, 0.05) is 43.5 Å². The number of aromatic nitrogens is 1. The first-order chi connectivity index (χ1) is 16.0. The number of pyridine rings is 1. The van der Waals surface area contributed by atoms with E-state index in [0.29, 0.717) is 11.1 Å². The average Bonchev–Trinajstić information content (AvgIpc) is 2.86. The minimum atomic E-state index is -0.202. The first-order valence-corrected chi connectivity index (χ1v) is 10.7. The van der Waals surface area contributed by atoms with Crippen molar-refractivity contribution in [3.63, 3.8) is 0 Å². The van der Waals surface area contributed by atoms with Gasteiger partial charge in [-0.25, -0.2) is 0 Å². The summed E-state index contributed by atoms with van der Waals surface area (Å²) in [6.07, 6.45) is 6.40. The zero-order chi connectivity index (χ0) is 23.5. The summed E-state index contributed by atoms with van der Waals surface area (Å²) in [5, 5.41) is 9.79. The Morgan fingerprint density at radius 1 is 0.824 bits per heavy atom. The Morgan fingerprint density at radius 2 is 1.44 bits per heavy atom. The van der Waals surface area contributed by atoms with Gasteiger partial charge in [-0.15, -0.1) is 35.4 Å². The number of aliphatic hydroxyl groups is 1. The smallest absolute Gasteiger partial charge is 0.189 e. The van der Waals surface area contributed by atoms with Gasteiger partial charge in [0.05, 0.1) is 0 Å². The van der Waals surface area contributed by atoms with E-state index < -0.39 is 0 Å². The van der Waals surface area contributed by atoms with Gasteiger partial charge in [0.2, 0.25) is 0 Å². The van der Waals surface area contributed by atoms with Crippen molar-refractivity contribution in [2.75, 3.05) is 0 Å². The van der Waals surface area contributed by atoms with Gasteiger partial charge in [0.15, 0.2) is 5.78 Å². The summed E-state index contributed by atoms with van der Waals surface area (Å²) in [7, 11) is 0. The van der Waals surface area contributed by atoms with Crippen LogP contribution in [-0.4, -0.2) is 15.9 Å². The zero-order valence-corrected chi connectivity index (χ0v) is 21.5. The molecule has 1 aromatic heterocycles. The normalized spacial score (nSPS) is 11.0. The molecule has 0 bridgehead atoms. The molecule has 1 heterocycles. The summed E-state index contributed by atoms with van der Waals surface area (Å²) in [5.74, 6) is -0.216. The molecule has 34 heavy (non-hydrogen) atoms. The second kappa shape index (κ2) is 13.8. The van der Waals surface area contributed by atoms with Crippen molar-refractivity contribution in [2.45, 2.75) is 13.8 Å². The molecule has 4 rings (SSSR count). The van der Waals surface area contributed by atoms with Crippen LogP contribution in [0.5, 0.6) is 0 Å². The third-order valence-electron chi connectivity index (χ3n) is 4.79. The van der Waals surface area contributed by atoms with Crippen LogP contribution in [0.25, 0.3) is 11.3 Å². The molecule has 0 atom stereocenters. The maximum absolute atomic E-state index is 11.8. The molecule has 1 N–H and O–H groups in total. The number of benzene rings is 3. The van der Waals surface area contributed by atoms with Crippen LogP contribution in [-0.2, 0) is 20.1 Å². The number of hydrogen-bond acceptors (Lipinski definition) is 3. The van der Waals surface area contributed by atoms with Gasteiger partial charge in [-0.05, 0) is 18.7 Å². The van der Waals surface area contributed by atoms with E-state index >= 15 is 0 Å². The number of aryl methyl sites for hydroxylation is 1. The van der Waals surface area contributed by atoms with E-state index in [2.05, 4.69) is 36.2 Å². The molecular formula is C30H26IrNO2-. The van der Waals surface area contributed by atoms with Crippen molar-refractivity contribution in [2.24, 2.45) is 0 Å². The maximum Gasteiger partial charge on any atom is 0.189 e. The van der Waals surface area contributed by atoms with E-state index in [1.54, 1.807) is 42.6 Å². The van der Waals surface area contributed by atoms with Gasteiger partial charge in [-0.3, -0.25) is 4.79 Å². The van der Waals surface area contributed by atoms with Gasteiger partial charge in [0.1, 0.15) is 5.76 Å². The number of carbonyl (C=O) groups excluding carboxylic acids is 1. The number of allylic oxidation sites excluding steroid dienone is 2. The van der Waals surface area contributed by atoms with Crippen molar-refractivity contribution in [1.82, 2.24) is 4.98 Å². The van der Waals surface area contributed by atoms with Gasteiger partial charge in [-0.2, -0.15) is 0 Å². The minimum absolute atomic E-state index is 0. The van der Waals surface area contributed by atoms with Crippen LogP contribution >= 0.6 is 0 Å². The predicted octanol–water partition coefficient (Wildman–Crippen LogP) is 7.11. The summed E-state index contributed by atoms with van der Waals surface area (Å²) >= 11 is 0. The summed E-state index contributed by atoms with van der Waals surface area (Å²) in [5.41, 5.74) is 5.59. The minimum Gasteiger partial charge on any atom is -0.507 e. The number of carbonyl (C=O) groups is 1. The molecule has 3 nitrogen and oxygen atoms in total. The molecule has 0 aliphatic heterocycles. The van der Waals surface area contributed by atoms with Crippen LogP contribution in [0.3, 0.4) is 0 Å². The Bertz CT molecular complexity index is 1230. The molecule has 3 aromatic carbocycles. The largest absolute Gasteiger partial charge is 0.507 e. The Labute approximate surface area is 214 Å². The van der Waals surface area contributed by atoms with Crippen molar-refractivity contribution in [3.8, 4) is 0 Å². The Balaban J connectivity index is 0.000000234. The molecule has 0 fully saturated rings. The molecule has 0 aliphatic rings. The maximum atomic E-state index is 11.8. The zero-order valence-electron chi connectivity index (χ0n) is 19.1. The molecule has 173 valence electrons. The molecular weight excluding hydrogens is 599 g/mol. The average molecular weight is 625 g/mol. The second-order valence-electron chi connectivity index (χ2n) is 7.46. The van der Waals surface area contributed by atoms with Crippen LogP contribution in [0.1, 0.15) is 39.7 Å². The standard InChI is InChI=1S/C15H14N.C15H12O2.Ir/c1-12-6-5-7-14(10-12)11-13(2)15-8-3-4-9-16-15;16-14(12-7-3-1-4-8-12)11-15(17)13-9-5-2-6-10-13;/h3-10H,1-2H3;1-11,16H;/q-1;;/b;14-11-;. The molecule has 4 aromatic rings. The van der Waals surface area contributed by atoms with Crippen LogP contribution in [0.4, 0.5) is 0 Å². The van der Waals surface area contributed by atoms with Crippen molar-refractivity contribution in [3.05, 3.63) is 149 Å². The SMILES string of the molecule is CC(=[C-]c1cccc(C)c1)c1ccccn1.O=C(/C=C(\O)c1ccccc1)c1ccccc1.[Ir]. The van der Waals surface area contributed by atoms with E-state index in [1.807, 2.05) is 55.5 Å². The number of aliphatic hydroxyl groups excluding tert-OH is 1. The fraction of sp³-hybridized carbons (Fsp3) is 0.0667. The predicted molar refractivity (Wildman–Crippen MR) is 135 cm³/mol. The Morgan fingerprint density at radius 3 is 2.03 bits per heavy atom. The fourth-order valence-corrected chi connectivity index (χ4v) is 3.09. The van der Waals surface area contributed by atoms with Gasteiger partial charge >= 0.3 is 0 Å². The van der Waals surface area contributed by atoms with Gasteiger partial charge < -0.3 is 10.1 Å². The number of rotatable bonds is 5. The van der Waals surface area contributed by atoms with Gasteiger partial charge in [0.25, 0.3) is 0 Å². The first kappa shape index (κ1) is 26.7. The van der Waals surface area contributed by atoms with Crippen LogP contribution in [0.15, 0.2) is 115 Å². The first-order valence-electron chi connectivity index (χ1n) is 10.7. The van der Waals surface area contributed by atoms with Crippen LogP contribution in [0.2, 0.25) is 0 Å². The molecule has 1 radical (unpaired) electrons. The van der Waals surface area contributed by atoms with E-state index in [1.165, 1.54) is 11.6 Å². The molecule has 0 saturated carbocycles.